The highest BCUT2D eigenvalue weighted by atomic mass is 19.4. The average molecular weight is 347 g/mol. The lowest BCUT2D eigenvalue weighted by atomic mass is 9.94. The normalized spacial score (nSPS) is 13.4. The van der Waals surface area contributed by atoms with Gasteiger partial charge in [0.05, 0.1) is 17.6 Å². The fraction of sp³-hybridized carbons (Fsp3) is 0.176. The fourth-order valence-electron chi connectivity index (χ4n) is 3.13. The molecular formula is C17H12F3N3O2. The molecule has 0 bridgehead atoms. The van der Waals surface area contributed by atoms with Gasteiger partial charge in [-0.3, -0.25) is 4.79 Å². The van der Waals surface area contributed by atoms with Crippen molar-refractivity contribution in [3.8, 4) is 16.9 Å². The van der Waals surface area contributed by atoms with Gasteiger partial charge in [0.25, 0.3) is 0 Å². The van der Waals surface area contributed by atoms with E-state index in [1.54, 1.807) is 6.07 Å². The number of rotatable bonds is 2. The second-order valence-electron chi connectivity index (χ2n) is 5.75. The van der Waals surface area contributed by atoms with Gasteiger partial charge in [0.15, 0.2) is 5.69 Å². The van der Waals surface area contributed by atoms with Crippen molar-refractivity contribution in [2.24, 2.45) is 5.73 Å². The highest BCUT2D eigenvalue weighted by molar-refractivity contribution is 5.92. The Morgan fingerprint density at radius 2 is 1.88 bits per heavy atom. The van der Waals surface area contributed by atoms with Crippen LogP contribution in [0.15, 0.2) is 41.0 Å². The zero-order chi connectivity index (χ0) is 17.8. The lowest BCUT2D eigenvalue weighted by Gasteiger charge is -2.15. The third kappa shape index (κ3) is 2.41. The minimum atomic E-state index is -4.55. The summed E-state index contributed by atoms with van der Waals surface area (Å²) < 4.78 is 46.9. The Labute approximate surface area is 139 Å². The van der Waals surface area contributed by atoms with Crippen LogP contribution in [0.4, 0.5) is 13.2 Å². The summed E-state index contributed by atoms with van der Waals surface area (Å²) in [6, 6.07) is 7.59. The number of benzene rings is 1. The summed E-state index contributed by atoms with van der Waals surface area (Å²) >= 11 is 0. The summed E-state index contributed by atoms with van der Waals surface area (Å²) in [4.78, 5) is 11.2. The van der Waals surface area contributed by atoms with E-state index in [-0.39, 0.29) is 17.5 Å². The fourth-order valence-corrected chi connectivity index (χ4v) is 3.13. The van der Waals surface area contributed by atoms with E-state index in [0.717, 1.165) is 0 Å². The molecule has 5 nitrogen and oxygen atoms in total. The summed E-state index contributed by atoms with van der Waals surface area (Å²) in [5.74, 6) is 0.0262. The molecule has 1 aliphatic rings. The van der Waals surface area contributed by atoms with Gasteiger partial charge in [-0.2, -0.15) is 18.3 Å². The second kappa shape index (κ2) is 5.23. The predicted octanol–water partition coefficient (Wildman–Crippen LogP) is 3.35. The first-order valence-electron chi connectivity index (χ1n) is 7.52. The standard InChI is InChI=1S/C17H12F3N3O2/c18-17(19,20)15-12-5-6-13-11(7-8-25-13)14(12)23(22-15)10-3-1-9(2-4-10)16(21)24/h1-4,7-8H,5-6H2,(H2,21,24). The van der Waals surface area contributed by atoms with Gasteiger partial charge < -0.3 is 10.2 Å². The molecule has 0 saturated heterocycles. The summed E-state index contributed by atoms with van der Waals surface area (Å²) in [5, 5.41) is 3.82. The average Bonchev–Trinajstić information content (AvgIpc) is 3.18. The van der Waals surface area contributed by atoms with Crippen LogP contribution in [0.3, 0.4) is 0 Å². The number of aromatic nitrogens is 2. The highest BCUT2D eigenvalue weighted by Gasteiger charge is 2.41. The smallest absolute Gasteiger partial charge is 0.435 e. The van der Waals surface area contributed by atoms with Crippen LogP contribution in [0.1, 0.15) is 27.4 Å². The van der Waals surface area contributed by atoms with E-state index in [2.05, 4.69) is 5.10 Å². The van der Waals surface area contributed by atoms with Crippen LogP contribution < -0.4 is 5.73 Å². The first-order chi connectivity index (χ1) is 11.9. The van der Waals surface area contributed by atoms with Crippen molar-refractivity contribution in [3.63, 3.8) is 0 Å². The number of amides is 1. The van der Waals surface area contributed by atoms with Crippen LogP contribution in [0.25, 0.3) is 16.9 Å². The van der Waals surface area contributed by atoms with E-state index in [1.807, 2.05) is 0 Å². The highest BCUT2D eigenvalue weighted by Crippen LogP contribution is 2.42. The van der Waals surface area contributed by atoms with Crippen molar-refractivity contribution in [1.29, 1.82) is 0 Å². The van der Waals surface area contributed by atoms with Gasteiger partial charge in [-0.15, -0.1) is 0 Å². The van der Waals surface area contributed by atoms with Gasteiger partial charge in [0.2, 0.25) is 5.91 Å². The number of alkyl halides is 3. The summed E-state index contributed by atoms with van der Waals surface area (Å²) in [7, 11) is 0. The van der Waals surface area contributed by atoms with Crippen molar-refractivity contribution < 1.29 is 22.4 Å². The maximum Gasteiger partial charge on any atom is 0.435 e. The Kier molecular flexibility index (Phi) is 3.24. The molecule has 0 spiro atoms. The molecule has 2 N–H and O–H groups in total. The monoisotopic (exact) mass is 347 g/mol. The molecule has 4 rings (SSSR count). The van der Waals surface area contributed by atoms with Gasteiger partial charge in [-0.1, -0.05) is 0 Å². The quantitative estimate of drug-likeness (QED) is 0.772. The van der Waals surface area contributed by atoms with E-state index in [1.165, 1.54) is 35.2 Å². The molecule has 0 atom stereocenters. The van der Waals surface area contributed by atoms with Gasteiger partial charge in [-0.25, -0.2) is 4.68 Å². The SMILES string of the molecule is NC(=O)c1ccc(-n2nc(C(F)(F)F)c3c2-c2ccoc2CC3)cc1. The van der Waals surface area contributed by atoms with Crippen LogP contribution in [0.5, 0.6) is 0 Å². The van der Waals surface area contributed by atoms with E-state index >= 15 is 0 Å². The first kappa shape index (κ1) is 15.5. The topological polar surface area (TPSA) is 74.1 Å². The Bertz CT molecular complexity index is 968. The van der Waals surface area contributed by atoms with E-state index in [4.69, 9.17) is 10.2 Å². The number of carbonyl (C=O) groups is 1. The second-order valence-corrected chi connectivity index (χ2v) is 5.75. The number of aryl methyl sites for hydroxylation is 1. The molecular weight excluding hydrogens is 335 g/mol. The zero-order valence-corrected chi connectivity index (χ0v) is 12.8. The number of fused-ring (bicyclic) bond motifs is 3. The Hall–Kier alpha value is -3.03. The van der Waals surface area contributed by atoms with Gasteiger partial charge in [0.1, 0.15) is 5.76 Å². The first-order valence-corrected chi connectivity index (χ1v) is 7.52. The largest absolute Gasteiger partial charge is 0.469 e. The number of primary amides is 1. The molecule has 2 heterocycles. The minimum absolute atomic E-state index is 0.153. The Morgan fingerprint density at radius 3 is 2.52 bits per heavy atom. The number of nitrogens with zero attached hydrogens (tertiary/aromatic N) is 2. The van der Waals surface area contributed by atoms with Crippen LogP contribution in [0, 0.1) is 0 Å². The number of nitrogens with two attached hydrogens (primary N) is 1. The lowest BCUT2D eigenvalue weighted by molar-refractivity contribution is -0.142. The zero-order valence-electron chi connectivity index (χ0n) is 12.8. The molecule has 128 valence electrons. The number of hydrogen-bond donors (Lipinski definition) is 1. The molecule has 1 aliphatic carbocycles. The van der Waals surface area contributed by atoms with Crippen LogP contribution in [-0.4, -0.2) is 15.7 Å². The van der Waals surface area contributed by atoms with Crippen molar-refractivity contribution in [1.82, 2.24) is 9.78 Å². The van der Waals surface area contributed by atoms with E-state index < -0.39 is 17.8 Å². The van der Waals surface area contributed by atoms with Crippen LogP contribution >= 0.6 is 0 Å². The lowest BCUT2D eigenvalue weighted by Crippen LogP contribution is -2.11. The Morgan fingerprint density at radius 1 is 1.16 bits per heavy atom. The molecule has 8 heteroatoms. The van der Waals surface area contributed by atoms with Crippen molar-refractivity contribution in [2.75, 3.05) is 0 Å². The Balaban J connectivity index is 1.94. The molecule has 0 aliphatic heterocycles. The third-order valence-corrected chi connectivity index (χ3v) is 4.25. The maximum atomic E-state index is 13.4. The van der Waals surface area contributed by atoms with Gasteiger partial charge in [-0.05, 0) is 36.8 Å². The van der Waals surface area contributed by atoms with Gasteiger partial charge >= 0.3 is 6.18 Å². The summed E-state index contributed by atoms with van der Waals surface area (Å²) in [5.41, 5.74) is 6.11. The predicted molar refractivity (Wildman–Crippen MR) is 82.2 cm³/mol. The molecule has 2 aromatic heterocycles. The minimum Gasteiger partial charge on any atom is -0.469 e. The number of carbonyl (C=O) groups excluding carboxylic acids is 1. The molecule has 1 aromatic carbocycles. The van der Waals surface area contributed by atoms with E-state index in [0.29, 0.717) is 29.1 Å². The van der Waals surface area contributed by atoms with Crippen molar-refractivity contribution in [2.45, 2.75) is 19.0 Å². The van der Waals surface area contributed by atoms with Crippen molar-refractivity contribution in [3.05, 3.63) is 59.2 Å². The number of hydrogen-bond acceptors (Lipinski definition) is 3. The summed E-state index contributed by atoms with van der Waals surface area (Å²) in [6.07, 6.45) is -2.50. The van der Waals surface area contributed by atoms with Crippen LogP contribution in [-0.2, 0) is 19.0 Å². The number of furan rings is 1. The molecule has 0 unspecified atom stereocenters. The van der Waals surface area contributed by atoms with Crippen molar-refractivity contribution >= 4 is 5.91 Å². The maximum absolute atomic E-state index is 13.4. The molecule has 1 amide bonds. The number of halogens is 3. The third-order valence-electron chi connectivity index (χ3n) is 4.25. The van der Waals surface area contributed by atoms with Crippen LogP contribution in [0.2, 0.25) is 0 Å². The molecule has 3 aromatic rings. The molecule has 0 fully saturated rings. The van der Waals surface area contributed by atoms with Gasteiger partial charge in [0, 0.05) is 23.1 Å². The molecule has 0 saturated carbocycles. The molecule has 25 heavy (non-hydrogen) atoms. The van der Waals surface area contributed by atoms with E-state index in [9.17, 15) is 18.0 Å². The summed E-state index contributed by atoms with van der Waals surface area (Å²) in [6.45, 7) is 0. The molecule has 0 radical (unpaired) electrons.